The summed E-state index contributed by atoms with van der Waals surface area (Å²) in [5, 5.41) is 17.6. The Morgan fingerprint density at radius 1 is 1.23 bits per heavy atom. The smallest absolute Gasteiger partial charge is 0.0462 e. The van der Waals surface area contributed by atoms with Gasteiger partial charge in [-0.25, -0.2) is 0 Å². The lowest BCUT2D eigenvalue weighted by Gasteiger charge is -2.11. The predicted octanol–water partition coefficient (Wildman–Crippen LogP) is 2.11. The molecule has 0 saturated heterocycles. The zero-order chi connectivity index (χ0) is 10.1. The van der Waals surface area contributed by atoms with Crippen LogP contribution in [0.3, 0.4) is 0 Å². The average molecular weight is 186 g/mol. The summed E-state index contributed by atoms with van der Waals surface area (Å²) in [5.74, 6) is 0.376. The van der Waals surface area contributed by atoms with E-state index in [1.807, 2.05) is 0 Å². The third kappa shape index (κ3) is 8.00. The van der Waals surface area contributed by atoms with Crippen LogP contribution >= 0.6 is 0 Å². The van der Waals surface area contributed by atoms with Crippen LogP contribution in [0.5, 0.6) is 0 Å². The van der Waals surface area contributed by atoms with Gasteiger partial charge in [0.25, 0.3) is 0 Å². The fourth-order valence-corrected chi connectivity index (χ4v) is 1.23. The molecule has 0 saturated carbocycles. The van der Waals surface area contributed by atoms with Gasteiger partial charge in [0, 0.05) is 13.2 Å². The van der Waals surface area contributed by atoms with Gasteiger partial charge in [0.15, 0.2) is 0 Å². The highest BCUT2D eigenvalue weighted by atomic mass is 16.3. The molecule has 78 valence electrons. The van der Waals surface area contributed by atoms with Crippen LogP contribution in [0.25, 0.3) is 0 Å². The van der Waals surface area contributed by atoms with Crippen molar-refractivity contribution in [2.75, 3.05) is 13.2 Å². The van der Waals surface area contributed by atoms with E-state index >= 15 is 0 Å². The molecule has 0 heterocycles. The van der Waals surface area contributed by atoms with Crippen LogP contribution in [0, 0.1) is 5.92 Å². The van der Waals surface area contributed by atoms with Gasteiger partial charge in [-0.2, -0.15) is 0 Å². The number of hydrogen-bond acceptors (Lipinski definition) is 2. The molecule has 0 aromatic heterocycles. The number of unbranched alkanes of at least 4 members (excludes halogenated alkanes) is 1. The van der Waals surface area contributed by atoms with Crippen molar-refractivity contribution < 1.29 is 10.2 Å². The van der Waals surface area contributed by atoms with Crippen molar-refractivity contribution >= 4 is 0 Å². The second kappa shape index (κ2) is 8.27. The van der Waals surface area contributed by atoms with Gasteiger partial charge in [0.05, 0.1) is 0 Å². The summed E-state index contributed by atoms with van der Waals surface area (Å²) in [6.45, 7) is 4.67. The van der Waals surface area contributed by atoms with Gasteiger partial charge in [-0.3, -0.25) is 0 Å². The Kier molecular flexibility index (Phi) is 8.05. The van der Waals surface area contributed by atoms with Crippen LogP contribution in [0.15, 0.2) is 11.6 Å². The van der Waals surface area contributed by atoms with Gasteiger partial charge in [-0.15, -0.1) is 0 Å². The van der Waals surface area contributed by atoms with Gasteiger partial charge in [-0.05, 0) is 39.0 Å². The molecular formula is C11H22O2. The predicted molar refractivity (Wildman–Crippen MR) is 55.6 cm³/mol. The lowest BCUT2D eigenvalue weighted by Crippen LogP contribution is -2.05. The lowest BCUT2D eigenvalue weighted by molar-refractivity contribution is 0.210. The normalized spacial score (nSPS) is 12.6. The van der Waals surface area contributed by atoms with Gasteiger partial charge < -0.3 is 10.2 Å². The number of rotatable bonds is 7. The molecule has 0 aliphatic heterocycles. The quantitative estimate of drug-likeness (QED) is 0.472. The third-order valence-electron chi connectivity index (χ3n) is 2.14. The molecule has 0 rings (SSSR count). The summed E-state index contributed by atoms with van der Waals surface area (Å²) in [5.41, 5.74) is 1.31. The summed E-state index contributed by atoms with van der Waals surface area (Å²) in [6.07, 6.45) is 6.01. The Balaban J connectivity index is 3.57. The molecule has 2 heteroatoms. The Bertz CT molecular complexity index is 137. The van der Waals surface area contributed by atoms with Gasteiger partial charge in [-0.1, -0.05) is 18.1 Å². The molecule has 0 aromatic carbocycles. The molecule has 2 nitrogen and oxygen atoms in total. The summed E-state index contributed by atoms with van der Waals surface area (Å²) < 4.78 is 0. The Labute approximate surface area is 81.3 Å². The molecular weight excluding hydrogens is 164 g/mol. The average Bonchev–Trinajstić information content (AvgIpc) is 2.10. The Hall–Kier alpha value is -0.340. The van der Waals surface area contributed by atoms with E-state index in [0.29, 0.717) is 5.92 Å². The second-order valence-electron chi connectivity index (χ2n) is 3.79. The maximum atomic E-state index is 9.05. The minimum Gasteiger partial charge on any atom is -0.396 e. The third-order valence-corrected chi connectivity index (χ3v) is 2.14. The second-order valence-corrected chi connectivity index (χ2v) is 3.79. The van der Waals surface area contributed by atoms with Gasteiger partial charge >= 0.3 is 0 Å². The van der Waals surface area contributed by atoms with Crippen molar-refractivity contribution in [3.05, 3.63) is 11.6 Å². The molecule has 0 fully saturated rings. The van der Waals surface area contributed by atoms with Crippen molar-refractivity contribution in [1.29, 1.82) is 0 Å². The van der Waals surface area contributed by atoms with E-state index in [9.17, 15) is 0 Å². The largest absolute Gasteiger partial charge is 0.396 e. The molecule has 1 atom stereocenters. The molecule has 0 aliphatic rings. The van der Waals surface area contributed by atoms with Crippen LogP contribution in [0.2, 0.25) is 0 Å². The summed E-state index contributed by atoms with van der Waals surface area (Å²) in [4.78, 5) is 0. The minimum atomic E-state index is 0.259. The fourth-order valence-electron chi connectivity index (χ4n) is 1.23. The minimum absolute atomic E-state index is 0.259. The zero-order valence-corrected chi connectivity index (χ0v) is 8.79. The van der Waals surface area contributed by atoms with E-state index in [1.54, 1.807) is 0 Å². The monoisotopic (exact) mass is 186 g/mol. The van der Waals surface area contributed by atoms with E-state index in [1.165, 1.54) is 5.57 Å². The maximum Gasteiger partial charge on any atom is 0.0462 e. The first-order valence-corrected chi connectivity index (χ1v) is 5.05. The standard InChI is InChI=1S/C11H22O2/c1-10(2)6-7-11(9-13)5-3-4-8-12/h6,11-13H,3-5,7-9H2,1-2H3. The van der Waals surface area contributed by atoms with Gasteiger partial charge in [0.2, 0.25) is 0 Å². The summed E-state index contributed by atoms with van der Waals surface area (Å²) in [6, 6.07) is 0. The van der Waals surface area contributed by atoms with Crippen LogP contribution in [-0.2, 0) is 0 Å². The van der Waals surface area contributed by atoms with Crippen molar-refractivity contribution in [2.45, 2.75) is 39.5 Å². The first kappa shape index (κ1) is 12.7. The highest BCUT2D eigenvalue weighted by Crippen LogP contribution is 2.13. The zero-order valence-electron chi connectivity index (χ0n) is 8.79. The molecule has 0 radical (unpaired) electrons. The molecule has 13 heavy (non-hydrogen) atoms. The Morgan fingerprint density at radius 2 is 1.92 bits per heavy atom. The van der Waals surface area contributed by atoms with E-state index in [-0.39, 0.29) is 13.2 Å². The Morgan fingerprint density at radius 3 is 2.38 bits per heavy atom. The first-order chi connectivity index (χ1) is 6.20. The van der Waals surface area contributed by atoms with Crippen LogP contribution in [0.1, 0.15) is 39.5 Å². The highest BCUT2D eigenvalue weighted by molar-refractivity contribution is 4.93. The number of aliphatic hydroxyl groups excluding tert-OH is 2. The molecule has 2 N–H and O–H groups in total. The van der Waals surface area contributed by atoms with E-state index < -0.39 is 0 Å². The van der Waals surface area contributed by atoms with Gasteiger partial charge in [0.1, 0.15) is 0 Å². The van der Waals surface area contributed by atoms with E-state index in [0.717, 1.165) is 25.7 Å². The van der Waals surface area contributed by atoms with Crippen molar-refractivity contribution in [3.8, 4) is 0 Å². The molecule has 1 unspecified atom stereocenters. The highest BCUT2D eigenvalue weighted by Gasteiger charge is 2.04. The van der Waals surface area contributed by atoms with Crippen LogP contribution in [-0.4, -0.2) is 23.4 Å². The molecule has 0 aromatic rings. The molecule has 0 amide bonds. The topological polar surface area (TPSA) is 40.5 Å². The SMILES string of the molecule is CC(C)=CCC(CO)CCCCO. The molecule has 0 spiro atoms. The van der Waals surface area contributed by atoms with Crippen LogP contribution < -0.4 is 0 Å². The summed E-state index contributed by atoms with van der Waals surface area (Å²) >= 11 is 0. The number of allylic oxidation sites excluding steroid dienone is 2. The molecule has 0 bridgehead atoms. The first-order valence-electron chi connectivity index (χ1n) is 5.05. The maximum absolute atomic E-state index is 9.05. The van der Waals surface area contributed by atoms with Crippen molar-refractivity contribution in [1.82, 2.24) is 0 Å². The molecule has 0 aliphatic carbocycles. The van der Waals surface area contributed by atoms with Crippen molar-refractivity contribution in [3.63, 3.8) is 0 Å². The van der Waals surface area contributed by atoms with E-state index in [2.05, 4.69) is 19.9 Å². The van der Waals surface area contributed by atoms with Crippen molar-refractivity contribution in [2.24, 2.45) is 5.92 Å². The fraction of sp³-hybridized carbons (Fsp3) is 0.818. The van der Waals surface area contributed by atoms with E-state index in [4.69, 9.17) is 10.2 Å². The lowest BCUT2D eigenvalue weighted by atomic mass is 9.98. The number of hydrogen-bond donors (Lipinski definition) is 2. The summed E-state index contributed by atoms with van der Waals surface area (Å²) in [7, 11) is 0. The number of aliphatic hydroxyl groups is 2. The van der Waals surface area contributed by atoms with Crippen LogP contribution in [0.4, 0.5) is 0 Å².